The molecule has 0 radical (unpaired) electrons. The molecule has 2 aliphatic carbocycles. The van der Waals surface area contributed by atoms with Gasteiger partial charge < -0.3 is 14.2 Å². The number of alkyl halides is 1. The highest BCUT2D eigenvalue weighted by Crippen LogP contribution is 2.68. The number of carbonyl (C=O) groups is 1. The molecule has 5 rings (SSSR count). The molecule has 1 unspecified atom stereocenters. The monoisotopic (exact) mass is 461 g/mol. The molecule has 2 heterocycles. The highest BCUT2D eigenvalue weighted by atomic mass is 35.5. The number of hydrogen-bond donors (Lipinski definition) is 0. The number of halogens is 1. The van der Waals surface area contributed by atoms with E-state index in [0.29, 0.717) is 43.9 Å². The Morgan fingerprint density at radius 2 is 2.16 bits per heavy atom. The lowest BCUT2D eigenvalue weighted by Gasteiger charge is -2.60. The summed E-state index contributed by atoms with van der Waals surface area (Å²) < 4.78 is 18.3. The summed E-state index contributed by atoms with van der Waals surface area (Å²) in [6.07, 6.45) is 2.48. The van der Waals surface area contributed by atoms with Crippen molar-refractivity contribution >= 4 is 23.3 Å². The van der Waals surface area contributed by atoms with Gasteiger partial charge in [0.15, 0.2) is 17.1 Å². The smallest absolute Gasteiger partial charge is 0.213 e. The maximum Gasteiger partial charge on any atom is 0.213 e. The third kappa shape index (κ3) is 2.62. The number of methoxy groups -OCH3 is 1. The summed E-state index contributed by atoms with van der Waals surface area (Å²) in [4.78, 5) is 31.3. The van der Waals surface area contributed by atoms with E-state index in [1.165, 1.54) is 0 Å². The molecule has 0 aromatic heterocycles. The average Bonchev–Trinajstić information content (AvgIpc) is 3.04. The maximum atomic E-state index is 13.6. The Bertz CT molecular complexity index is 1030. The Labute approximate surface area is 192 Å². The number of piperidine rings is 1. The van der Waals surface area contributed by atoms with E-state index in [4.69, 9.17) is 30.6 Å². The van der Waals surface area contributed by atoms with Crippen LogP contribution in [-0.4, -0.2) is 54.3 Å². The van der Waals surface area contributed by atoms with Crippen molar-refractivity contribution < 1.29 is 28.6 Å². The predicted octanol–water partition coefficient (Wildman–Crippen LogP) is 3.37. The number of Topliss-reactive ketones (excluding diaryl/α,β-unsaturated/α-hetero) is 1. The van der Waals surface area contributed by atoms with Gasteiger partial charge in [-0.3, -0.25) is 9.63 Å². The molecular weight excluding hydrogens is 434 g/mol. The van der Waals surface area contributed by atoms with Crippen LogP contribution in [0.1, 0.15) is 51.2 Å². The molecule has 8 heteroatoms. The molecule has 2 fully saturated rings. The highest BCUT2D eigenvalue weighted by Gasteiger charge is 2.73. The van der Waals surface area contributed by atoms with Crippen LogP contribution in [0.5, 0.6) is 17.2 Å². The van der Waals surface area contributed by atoms with Gasteiger partial charge in [0.05, 0.1) is 24.7 Å². The molecule has 1 saturated heterocycles. The first kappa shape index (κ1) is 21.8. The van der Waals surface area contributed by atoms with E-state index >= 15 is 0 Å². The van der Waals surface area contributed by atoms with Gasteiger partial charge in [0.25, 0.3) is 0 Å². The number of rotatable bonds is 6. The molecule has 7 nitrogen and oxygen atoms in total. The van der Waals surface area contributed by atoms with Crippen molar-refractivity contribution in [2.24, 2.45) is 5.92 Å². The van der Waals surface area contributed by atoms with Crippen LogP contribution in [-0.2, 0) is 26.3 Å². The molecule has 1 aromatic rings. The van der Waals surface area contributed by atoms with Crippen molar-refractivity contribution in [1.29, 1.82) is 0 Å². The number of ether oxygens (including phenoxy) is 3. The fourth-order valence-corrected chi connectivity index (χ4v) is 6.65. The summed E-state index contributed by atoms with van der Waals surface area (Å²) in [6, 6.07) is 1.77. The van der Waals surface area contributed by atoms with Gasteiger partial charge in [0.1, 0.15) is 17.3 Å². The number of ketones is 1. The molecule has 1 aromatic carbocycles. The minimum absolute atomic E-state index is 0.0642. The predicted molar refractivity (Wildman–Crippen MR) is 117 cm³/mol. The molecule has 2 aliphatic heterocycles. The number of carbonyl (C=O) groups excluding carboxylic acids is 2. The first-order valence-electron chi connectivity index (χ1n) is 11.2. The fraction of sp³-hybridized carbons (Fsp3) is 0.625. The van der Waals surface area contributed by atoms with Crippen molar-refractivity contribution in [1.82, 2.24) is 5.06 Å². The third-order valence-corrected chi connectivity index (χ3v) is 7.82. The minimum atomic E-state index is -1.21. The van der Waals surface area contributed by atoms with Crippen LogP contribution in [0.3, 0.4) is 0 Å². The Hall–Kier alpha value is -2.05. The van der Waals surface area contributed by atoms with E-state index in [-0.39, 0.29) is 23.3 Å². The summed E-state index contributed by atoms with van der Waals surface area (Å²) in [7, 11) is 1.59. The normalized spacial score (nSPS) is 33.3. The molecular formula is C24H28ClNO6. The molecule has 4 aliphatic rings. The highest BCUT2D eigenvalue weighted by molar-refractivity contribution is 6.19. The Balaban J connectivity index is 1.78. The summed E-state index contributed by atoms with van der Waals surface area (Å²) >= 11 is 6.19. The SMILES string of the molecule is CCCOc1cc(OC)c2c3c1C[C@@H]1[C@@H]4CC(=C=O)C(=O)[C@](C)(O2)[C@]34CCN1OC(C)Cl. The number of benzene rings is 1. The fourth-order valence-electron chi connectivity index (χ4n) is 6.55. The van der Waals surface area contributed by atoms with Gasteiger partial charge in [0, 0.05) is 29.8 Å². The third-order valence-electron chi connectivity index (χ3n) is 7.74. The lowest BCUT2D eigenvalue weighted by molar-refractivity contribution is -0.243. The van der Waals surface area contributed by atoms with Crippen molar-refractivity contribution in [2.75, 3.05) is 20.3 Å². The van der Waals surface area contributed by atoms with Gasteiger partial charge in [-0.05, 0) is 45.4 Å². The quantitative estimate of drug-likeness (QED) is 0.365. The van der Waals surface area contributed by atoms with E-state index < -0.39 is 16.6 Å². The molecule has 2 bridgehead atoms. The van der Waals surface area contributed by atoms with E-state index in [2.05, 4.69) is 6.92 Å². The first-order valence-corrected chi connectivity index (χ1v) is 11.7. The van der Waals surface area contributed by atoms with Gasteiger partial charge >= 0.3 is 0 Å². The van der Waals surface area contributed by atoms with Crippen molar-refractivity contribution in [2.45, 2.75) is 69.1 Å². The summed E-state index contributed by atoms with van der Waals surface area (Å²) in [5, 5.41) is 1.93. The van der Waals surface area contributed by atoms with Crippen molar-refractivity contribution in [3.8, 4) is 17.2 Å². The van der Waals surface area contributed by atoms with Crippen molar-refractivity contribution in [3.05, 3.63) is 22.8 Å². The maximum absolute atomic E-state index is 13.6. The lowest BCUT2D eigenvalue weighted by atomic mass is 9.47. The van der Waals surface area contributed by atoms with Crippen LogP contribution in [0.25, 0.3) is 0 Å². The van der Waals surface area contributed by atoms with Gasteiger partial charge in [-0.15, -0.1) is 0 Å². The second-order valence-electron chi connectivity index (χ2n) is 9.25. The summed E-state index contributed by atoms with van der Waals surface area (Å²) in [5.41, 5.74) is -0.133. The van der Waals surface area contributed by atoms with Crippen molar-refractivity contribution in [3.63, 3.8) is 0 Å². The van der Waals surface area contributed by atoms with Gasteiger partial charge in [0.2, 0.25) is 5.78 Å². The Morgan fingerprint density at radius 1 is 1.38 bits per heavy atom. The topological polar surface area (TPSA) is 74.3 Å². The average molecular weight is 462 g/mol. The first-order chi connectivity index (χ1) is 15.3. The molecule has 0 amide bonds. The second kappa shape index (κ2) is 7.49. The Morgan fingerprint density at radius 3 is 2.81 bits per heavy atom. The Kier molecular flexibility index (Phi) is 5.10. The number of nitrogens with zero attached hydrogens (tertiary/aromatic N) is 1. The van der Waals surface area contributed by atoms with Crippen LogP contribution in [0.2, 0.25) is 0 Å². The lowest BCUT2D eigenvalue weighted by Crippen LogP contribution is -2.71. The van der Waals surface area contributed by atoms with Crippen LogP contribution < -0.4 is 14.2 Å². The van der Waals surface area contributed by atoms with Gasteiger partial charge in [-0.25, -0.2) is 4.79 Å². The van der Waals surface area contributed by atoms with Gasteiger partial charge in [-0.2, -0.15) is 5.06 Å². The van der Waals surface area contributed by atoms with E-state index in [9.17, 15) is 9.59 Å². The molecule has 1 saturated carbocycles. The van der Waals surface area contributed by atoms with E-state index in [1.807, 2.05) is 24.0 Å². The zero-order valence-electron chi connectivity index (χ0n) is 18.8. The molecule has 172 valence electrons. The number of hydrogen-bond acceptors (Lipinski definition) is 7. The second-order valence-corrected chi connectivity index (χ2v) is 9.86. The molecule has 5 atom stereocenters. The van der Waals surface area contributed by atoms with Gasteiger partial charge in [-0.1, -0.05) is 18.5 Å². The van der Waals surface area contributed by atoms with Crippen LogP contribution in [0, 0.1) is 5.92 Å². The zero-order valence-corrected chi connectivity index (χ0v) is 19.6. The van der Waals surface area contributed by atoms with Crippen LogP contribution in [0.4, 0.5) is 0 Å². The standard InChI is InChI=1S/C24H28ClNO6/c1-5-8-30-18-11-19(29-4)21-20-15(18)10-17-16-9-14(12-27)22(28)23(3,31-21)24(16,20)6-7-26(17)32-13(2)25/h11,13,16-17H,5-10H2,1-4H3/t13?,16-,17+,23-,24-/m0/s1. The largest absolute Gasteiger partial charge is 0.493 e. The summed E-state index contributed by atoms with van der Waals surface area (Å²) in [5.74, 6) is 3.46. The van der Waals surface area contributed by atoms with Crippen LogP contribution in [0.15, 0.2) is 11.6 Å². The summed E-state index contributed by atoms with van der Waals surface area (Å²) in [6.45, 7) is 6.84. The zero-order chi connectivity index (χ0) is 22.8. The van der Waals surface area contributed by atoms with Crippen LogP contribution >= 0.6 is 11.6 Å². The van der Waals surface area contributed by atoms with E-state index in [1.54, 1.807) is 14.0 Å². The molecule has 32 heavy (non-hydrogen) atoms. The number of hydroxylamine groups is 2. The molecule has 1 spiro atoms. The van der Waals surface area contributed by atoms with E-state index in [0.717, 1.165) is 23.3 Å². The molecule has 0 N–H and O–H groups in total. The minimum Gasteiger partial charge on any atom is -0.493 e.